The number of hydrogen-bond acceptors (Lipinski definition) is 4. The molecule has 5 N–H and O–H groups in total. The topological polar surface area (TPSA) is 98.2 Å². The van der Waals surface area contributed by atoms with Crippen LogP contribution in [0.3, 0.4) is 0 Å². The molecular weight excluding hydrogens is 262 g/mol. The number of benzene rings is 2. The van der Waals surface area contributed by atoms with Crippen LogP contribution in [0.15, 0.2) is 48.5 Å². The predicted octanol–water partition coefficient (Wildman–Crippen LogP) is 1.79. The van der Waals surface area contributed by atoms with Crippen molar-refractivity contribution in [3.8, 4) is 0 Å². The third-order valence-corrected chi connectivity index (χ3v) is 3.78. The molecule has 2 rings (SSSR count). The highest BCUT2D eigenvalue weighted by Gasteiger charge is 2.13. The molecule has 0 aliphatic heterocycles. The molecule has 100 valence electrons. The van der Waals surface area contributed by atoms with Crippen LogP contribution in [0.1, 0.15) is 5.56 Å². The van der Waals surface area contributed by atoms with E-state index in [0.717, 1.165) is 0 Å². The molecule has 0 saturated carbocycles. The lowest BCUT2D eigenvalue weighted by Gasteiger charge is -2.10. The minimum atomic E-state index is -3.49. The number of nitrogens with one attached hydrogen (secondary N) is 1. The van der Waals surface area contributed by atoms with Gasteiger partial charge in [0, 0.05) is 5.69 Å². The predicted molar refractivity (Wildman–Crippen MR) is 78.0 cm³/mol. The van der Waals surface area contributed by atoms with Gasteiger partial charge in [0.2, 0.25) is 10.0 Å². The quantitative estimate of drug-likeness (QED) is 0.742. The van der Waals surface area contributed by atoms with Gasteiger partial charge in [-0.15, -0.1) is 0 Å². The standard InChI is InChI=1S/C13H15N3O2S/c14-11-6-7-13(12(15)8-11)16-19(17,18)9-10-4-2-1-3-5-10/h1-8,16H,9,14-15H2. The highest BCUT2D eigenvalue weighted by atomic mass is 32.2. The molecule has 0 amide bonds. The summed E-state index contributed by atoms with van der Waals surface area (Å²) in [6.07, 6.45) is 0. The van der Waals surface area contributed by atoms with Crippen LogP contribution in [0.25, 0.3) is 0 Å². The third kappa shape index (κ3) is 3.62. The molecule has 0 fully saturated rings. The number of nitrogens with two attached hydrogens (primary N) is 2. The zero-order valence-corrected chi connectivity index (χ0v) is 11.0. The van der Waals surface area contributed by atoms with Crippen LogP contribution in [-0.4, -0.2) is 8.42 Å². The summed E-state index contributed by atoms with van der Waals surface area (Å²) in [7, 11) is -3.49. The molecule has 2 aromatic rings. The summed E-state index contributed by atoms with van der Waals surface area (Å²) in [5.41, 5.74) is 13.1. The monoisotopic (exact) mass is 277 g/mol. The molecule has 0 heterocycles. The van der Waals surface area contributed by atoms with E-state index in [1.54, 1.807) is 36.4 Å². The summed E-state index contributed by atoms with van der Waals surface area (Å²) in [5.74, 6) is -0.0995. The van der Waals surface area contributed by atoms with Crippen molar-refractivity contribution in [3.05, 3.63) is 54.1 Å². The number of sulfonamides is 1. The van der Waals surface area contributed by atoms with Gasteiger partial charge in [0.1, 0.15) is 0 Å². The van der Waals surface area contributed by atoms with Gasteiger partial charge in [-0.05, 0) is 23.8 Å². The third-order valence-electron chi connectivity index (χ3n) is 2.54. The maximum atomic E-state index is 12.0. The van der Waals surface area contributed by atoms with Gasteiger partial charge in [0.15, 0.2) is 0 Å². The zero-order valence-electron chi connectivity index (χ0n) is 10.2. The molecule has 0 unspecified atom stereocenters. The molecule has 19 heavy (non-hydrogen) atoms. The molecule has 0 atom stereocenters. The van der Waals surface area contributed by atoms with Crippen molar-refractivity contribution in [3.63, 3.8) is 0 Å². The molecule has 0 radical (unpaired) electrons. The van der Waals surface area contributed by atoms with E-state index < -0.39 is 10.0 Å². The van der Waals surface area contributed by atoms with Gasteiger partial charge in [-0.3, -0.25) is 4.72 Å². The van der Waals surface area contributed by atoms with Crippen LogP contribution in [0.2, 0.25) is 0 Å². The SMILES string of the molecule is Nc1ccc(NS(=O)(=O)Cc2ccccc2)c(N)c1. The molecule has 0 spiro atoms. The van der Waals surface area contributed by atoms with E-state index in [9.17, 15) is 8.42 Å². The van der Waals surface area contributed by atoms with Gasteiger partial charge in [0.05, 0.1) is 17.1 Å². The summed E-state index contributed by atoms with van der Waals surface area (Å²) in [5, 5.41) is 0. The lowest BCUT2D eigenvalue weighted by Crippen LogP contribution is -2.16. The normalized spacial score (nSPS) is 11.2. The second kappa shape index (κ2) is 5.19. The summed E-state index contributed by atoms with van der Waals surface area (Å²) < 4.78 is 26.5. The van der Waals surface area contributed by atoms with Gasteiger partial charge in [-0.25, -0.2) is 8.42 Å². The average molecular weight is 277 g/mol. The maximum Gasteiger partial charge on any atom is 0.236 e. The Labute approximate surface area is 112 Å². The Morgan fingerprint density at radius 1 is 1.00 bits per heavy atom. The van der Waals surface area contributed by atoms with E-state index in [4.69, 9.17) is 11.5 Å². The van der Waals surface area contributed by atoms with E-state index in [2.05, 4.69) is 4.72 Å². The second-order valence-corrected chi connectivity index (χ2v) is 5.92. The highest BCUT2D eigenvalue weighted by Crippen LogP contribution is 2.22. The summed E-state index contributed by atoms with van der Waals surface area (Å²) in [6.45, 7) is 0. The van der Waals surface area contributed by atoms with Crippen molar-refractivity contribution in [1.29, 1.82) is 0 Å². The molecule has 6 heteroatoms. The number of hydrogen-bond donors (Lipinski definition) is 3. The zero-order chi connectivity index (χ0) is 13.9. The lowest BCUT2D eigenvalue weighted by molar-refractivity contribution is 0.600. The molecule has 2 aromatic carbocycles. The van der Waals surface area contributed by atoms with Crippen molar-refractivity contribution < 1.29 is 8.42 Å². The number of nitrogen functional groups attached to an aromatic ring is 2. The minimum Gasteiger partial charge on any atom is -0.399 e. The Bertz CT molecular complexity index is 670. The van der Waals surface area contributed by atoms with Gasteiger partial charge >= 0.3 is 0 Å². The first kappa shape index (κ1) is 13.2. The number of anilines is 3. The van der Waals surface area contributed by atoms with Crippen LogP contribution in [0.5, 0.6) is 0 Å². The fraction of sp³-hybridized carbons (Fsp3) is 0.0769. The minimum absolute atomic E-state index is 0.0995. The molecule has 0 aliphatic carbocycles. The van der Waals surface area contributed by atoms with Crippen molar-refractivity contribution in [1.82, 2.24) is 0 Å². The smallest absolute Gasteiger partial charge is 0.236 e. The Morgan fingerprint density at radius 2 is 1.68 bits per heavy atom. The fourth-order valence-electron chi connectivity index (χ4n) is 1.67. The Morgan fingerprint density at radius 3 is 2.32 bits per heavy atom. The highest BCUT2D eigenvalue weighted by molar-refractivity contribution is 7.91. The van der Waals surface area contributed by atoms with E-state index in [1.807, 2.05) is 6.07 Å². The molecule has 0 saturated heterocycles. The maximum absolute atomic E-state index is 12.0. The van der Waals surface area contributed by atoms with E-state index in [1.165, 1.54) is 6.07 Å². The molecule has 0 aliphatic rings. The summed E-state index contributed by atoms with van der Waals surface area (Å²) in [4.78, 5) is 0. The molecule has 5 nitrogen and oxygen atoms in total. The van der Waals surface area contributed by atoms with Crippen LogP contribution in [0.4, 0.5) is 17.1 Å². The first-order valence-corrected chi connectivity index (χ1v) is 7.31. The lowest BCUT2D eigenvalue weighted by atomic mass is 10.2. The van der Waals surface area contributed by atoms with E-state index >= 15 is 0 Å². The van der Waals surface area contributed by atoms with Crippen molar-refractivity contribution in [2.24, 2.45) is 0 Å². The van der Waals surface area contributed by atoms with Crippen molar-refractivity contribution in [2.45, 2.75) is 5.75 Å². The first-order chi connectivity index (χ1) is 8.96. The van der Waals surface area contributed by atoms with Crippen LogP contribution >= 0.6 is 0 Å². The van der Waals surface area contributed by atoms with Crippen molar-refractivity contribution >= 4 is 27.1 Å². The van der Waals surface area contributed by atoms with Crippen LogP contribution < -0.4 is 16.2 Å². The second-order valence-electron chi connectivity index (χ2n) is 4.19. The van der Waals surface area contributed by atoms with E-state index in [0.29, 0.717) is 22.6 Å². The first-order valence-electron chi connectivity index (χ1n) is 5.66. The Hall–Kier alpha value is -2.21. The number of rotatable bonds is 4. The largest absolute Gasteiger partial charge is 0.399 e. The van der Waals surface area contributed by atoms with Gasteiger partial charge in [-0.1, -0.05) is 30.3 Å². The molecule has 0 aromatic heterocycles. The summed E-state index contributed by atoms with van der Waals surface area (Å²) >= 11 is 0. The van der Waals surface area contributed by atoms with Crippen molar-refractivity contribution in [2.75, 3.05) is 16.2 Å². The van der Waals surface area contributed by atoms with E-state index in [-0.39, 0.29) is 5.75 Å². The van der Waals surface area contributed by atoms with Crippen LogP contribution in [0, 0.1) is 0 Å². The fourth-order valence-corrected chi connectivity index (χ4v) is 2.90. The molecular formula is C13H15N3O2S. The van der Waals surface area contributed by atoms with Crippen LogP contribution in [-0.2, 0) is 15.8 Å². The van der Waals surface area contributed by atoms with Gasteiger partial charge < -0.3 is 11.5 Å². The summed E-state index contributed by atoms with van der Waals surface area (Å²) in [6, 6.07) is 13.6. The molecule has 0 bridgehead atoms. The Kier molecular flexibility index (Phi) is 3.62. The van der Waals surface area contributed by atoms with Gasteiger partial charge in [0.25, 0.3) is 0 Å². The Balaban J connectivity index is 2.17. The average Bonchev–Trinajstić information content (AvgIpc) is 2.33. The van der Waals surface area contributed by atoms with Gasteiger partial charge in [-0.2, -0.15) is 0 Å².